The maximum Gasteiger partial charge on any atom is 0.303 e. The van der Waals surface area contributed by atoms with Gasteiger partial charge in [-0.3, -0.25) is 19.8 Å². The summed E-state index contributed by atoms with van der Waals surface area (Å²) >= 11 is 0. The van der Waals surface area contributed by atoms with Crippen LogP contribution in [0.1, 0.15) is 12.0 Å². The zero-order valence-corrected chi connectivity index (χ0v) is 11.1. The van der Waals surface area contributed by atoms with Crippen molar-refractivity contribution in [2.45, 2.75) is 13.0 Å². The van der Waals surface area contributed by atoms with E-state index < -0.39 is 10.9 Å². The molecule has 1 fully saturated rings. The maximum absolute atomic E-state index is 10.8. The summed E-state index contributed by atoms with van der Waals surface area (Å²) in [6.07, 6.45) is 0.169. The molecule has 1 N–H and O–H groups in total. The molecule has 2 rings (SSSR count). The van der Waals surface area contributed by atoms with E-state index in [2.05, 4.69) is 4.90 Å². The van der Waals surface area contributed by atoms with Crippen molar-refractivity contribution in [1.29, 1.82) is 0 Å². The van der Waals surface area contributed by atoms with Gasteiger partial charge in [-0.2, -0.15) is 0 Å². The first-order chi connectivity index (χ1) is 9.49. The van der Waals surface area contributed by atoms with Gasteiger partial charge in [-0.15, -0.1) is 0 Å². The standard InChI is InChI=1S/C13H16N2O5/c1-20-12-3-2-11(15(18)19)5-10(12)8-14-6-9(7-14)4-13(16)17/h2-3,5,9H,4,6-8H2,1H3,(H,16,17). The number of likely N-dealkylation sites (tertiary alicyclic amines) is 1. The summed E-state index contributed by atoms with van der Waals surface area (Å²) in [5.74, 6) is -0.0166. The third-order valence-electron chi connectivity index (χ3n) is 3.36. The Morgan fingerprint density at radius 3 is 2.80 bits per heavy atom. The SMILES string of the molecule is COc1ccc([N+](=O)[O-])cc1CN1CC(CC(=O)O)C1. The van der Waals surface area contributed by atoms with Crippen LogP contribution in [0.5, 0.6) is 5.75 Å². The molecule has 0 spiro atoms. The van der Waals surface area contributed by atoms with Crippen molar-refractivity contribution in [3.8, 4) is 5.75 Å². The van der Waals surface area contributed by atoms with E-state index in [1.54, 1.807) is 6.07 Å². The smallest absolute Gasteiger partial charge is 0.303 e. The number of carboxylic acid groups (broad SMARTS) is 1. The number of nitro groups is 1. The Labute approximate surface area is 115 Å². The fraction of sp³-hybridized carbons (Fsp3) is 0.462. The van der Waals surface area contributed by atoms with Crippen LogP contribution in [0.15, 0.2) is 18.2 Å². The second-order valence-electron chi connectivity index (χ2n) is 4.91. The van der Waals surface area contributed by atoms with E-state index in [0.717, 1.165) is 5.56 Å². The van der Waals surface area contributed by atoms with E-state index in [-0.39, 0.29) is 18.0 Å². The number of nitro benzene ring substituents is 1. The van der Waals surface area contributed by atoms with Gasteiger partial charge in [-0.25, -0.2) is 0 Å². The Kier molecular flexibility index (Phi) is 4.19. The normalized spacial score (nSPS) is 15.7. The molecule has 0 saturated carbocycles. The van der Waals surface area contributed by atoms with Crippen molar-refractivity contribution in [1.82, 2.24) is 4.90 Å². The average Bonchev–Trinajstić information content (AvgIpc) is 2.35. The lowest BCUT2D eigenvalue weighted by Crippen LogP contribution is -2.46. The minimum atomic E-state index is -0.789. The van der Waals surface area contributed by atoms with Crippen LogP contribution in [-0.4, -0.2) is 41.1 Å². The summed E-state index contributed by atoms with van der Waals surface area (Å²) in [7, 11) is 1.52. The van der Waals surface area contributed by atoms with Crippen molar-refractivity contribution in [2.24, 2.45) is 5.92 Å². The van der Waals surface area contributed by atoms with Crippen LogP contribution < -0.4 is 4.74 Å². The van der Waals surface area contributed by atoms with E-state index in [1.807, 2.05) is 0 Å². The van der Waals surface area contributed by atoms with Crippen LogP contribution in [0.25, 0.3) is 0 Å². The number of aliphatic carboxylic acids is 1. The first-order valence-electron chi connectivity index (χ1n) is 6.25. The zero-order valence-electron chi connectivity index (χ0n) is 11.1. The predicted molar refractivity (Wildman–Crippen MR) is 70.7 cm³/mol. The van der Waals surface area contributed by atoms with Gasteiger partial charge in [0.25, 0.3) is 5.69 Å². The zero-order chi connectivity index (χ0) is 14.7. The average molecular weight is 280 g/mol. The molecular formula is C13H16N2O5. The van der Waals surface area contributed by atoms with Gasteiger partial charge >= 0.3 is 5.97 Å². The Morgan fingerprint density at radius 2 is 2.25 bits per heavy atom. The maximum atomic E-state index is 10.8. The number of non-ortho nitro benzene ring substituents is 1. The summed E-state index contributed by atoms with van der Waals surface area (Å²) in [4.78, 5) is 23.0. The number of hydrogen-bond donors (Lipinski definition) is 1. The second-order valence-corrected chi connectivity index (χ2v) is 4.91. The minimum absolute atomic E-state index is 0.0309. The Balaban J connectivity index is 2.00. The molecule has 0 atom stereocenters. The quantitative estimate of drug-likeness (QED) is 0.627. The molecule has 20 heavy (non-hydrogen) atoms. The Bertz CT molecular complexity index is 525. The molecule has 0 aliphatic carbocycles. The lowest BCUT2D eigenvalue weighted by Gasteiger charge is -2.38. The van der Waals surface area contributed by atoms with Crippen molar-refractivity contribution in [2.75, 3.05) is 20.2 Å². The fourth-order valence-corrected chi connectivity index (χ4v) is 2.42. The van der Waals surface area contributed by atoms with Gasteiger partial charge in [0.2, 0.25) is 0 Å². The van der Waals surface area contributed by atoms with Crippen molar-refractivity contribution >= 4 is 11.7 Å². The number of nitrogens with zero attached hydrogens (tertiary/aromatic N) is 2. The number of carbonyl (C=O) groups is 1. The molecule has 0 radical (unpaired) electrons. The largest absolute Gasteiger partial charge is 0.496 e. The molecule has 0 bridgehead atoms. The van der Waals surface area contributed by atoms with Gasteiger partial charge in [0.05, 0.1) is 18.5 Å². The predicted octanol–water partition coefficient (Wildman–Crippen LogP) is 1.51. The second kappa shape index (κ2) is 5.87. The van der Waals surface area contributed by atoms with Gasteiger partial charge in [0, 0.05) is 37.3 Å². The molecule has 7 nitrogen and oxygen atoms in total. The summed E-state index contributed by atoms with van der Waals surface area (Å²) in [6, 6.07) is 4.50. The number of rotatable bonds is 6. The van der Waals surface area contributed by atoms with Crippen LogP contribution in [0.2, 0.25) is 0 Å². The van der Waals surface area contributed by atoms with Crippen LogP contribution >= 0.6 is 0 Å². The minimum Gasteiger partial charge on any atom is -0.496 e. The van der Waals surface area contributed by atoms with Gasteiger partial charge in [0.15, 0.2) is 0 Å². The monoisotopic (exact) mass is 280 g/mol. The first kappa shape index (κ1) is 14.3. The third-order valence-corrected chi connectivity index (χ3v) is 3.36. The highest BCUT2D eigenvalue weighted by Gasteiger charge is 2.29. The molecule has 0 amide bonds. The summed E-state index contributed by atoms with van der Waals surface area (Å²) in [5.41, 5.74) is 0.777. The molecule has 0 unspecified atom stereocenters. The fourth-order valence-electron chi connectivity index (χ4n) is 2.42. The molecular weight excluding hydrogens is 264 g/mol. The van der Waals surface area contributed by atoms with E-state index in [1.165, 1.54) is 19.2 Å². The molecule has 1 heterocycles. The number of benzene rings is 1. The lowest BCUT2D eigenvalue weighted by atomic mass is 9.95. The highest BCUT2D eigenvalue weighted by atomic mass is 16.6. The number of ether oxygens (including phenoxy) is 1. The molecule has 108 valence electrons. The summed E-state index contributed by atoms with van der Waals surface area (Å²) in [5, 5.41) is 19.5. The van der Waals surface area contributed by atoms with E-state index in [0.29, 0.717) is 25.4 Å². The highest BCUT2D eigenvalue weighted by molar-refractivity contribution is 5.67. The highest BCUT2D eigenvalue weighted by Crippen LogP contribution is 2.28. The van der Waals surface area contributed by atoms with E-state index >= 15 is 0 Å². The van der Waals surface area contributed by atoms with Gasteiger partial charge in [0.1, 0.15) is 5.75 Å². The molecule has 1 aromatic carbocycles. The van der Waals surface area contributed by atoms with Crippen LogP contribution in [0.4, 0.5) is 5.69 Å². The molecule has 7 heteroatoms. The summed E-state index contributed by atoms with van der Waals surface area (Å²) < 4.78 is 5.20. The topological polar surface area (TPSA) is 92.9 Å². The number of hydrogen-bond acceptors (Lipinski definition) is 5. The van der Waals surface area contributed by atoms with Crippen LogP contribution in [-0.2, 0) is 11.3 Å². The molecule has 1 aliphatic rings. The lowest BCUT2D eigenvalue weighted by molar-refractivity contribution is -0.385. The first-order valence-corrected chi connectivity index (χ1v) is 6.25. The van der Waals surface area contributed by atoms with Gasteiger partial charge < -0.3 is 9.84 Å². The van der Waals surface area contributed by atoms with Gasteiger partial charge in [-0.05, 0) is 12.0 Å². The number of methoxy groups -OCH3 is 1. The van der Waals surface area contributed by atoms with Gasteiger partial charge in [-0.1, -0.05) is 0 Å². The van der Waals surface area contributed by atoms with E-state index in [4.69, 9.17) is 9.84 Å². The third kappa shape index (κ3) is 3.24. The summed E-state index contributed by atoms with van der Waals surface area (Å²) in [6.45, 7) is 1.91. The van der Waals surface area contributed by atoms with E-state index in [9.17, 15) is 14.9 Å². The Morgan fingerprint density at radius 1 is 1.55 bits per heavy atom. The molecule has 1 saturated heterocycles. The molecule has 1 aliphatic heterocycles. The van der Waals surface area contributed by atoms with Crippen molar-refractivity contribution < 1.29 is 19.6 Å². The Hall–Kier alpha value is -2.15. The van der Waals surface area contributed by atoms with Crippen molar-refractivity contribution in [3.05, 3.63) is 33.9 Å². The molecule has 1 aromatic rings. The molecule has 0 aromatic heterocycles. The van der Waals surface area contributed by atoms with Crippen molar-refractivity contribution in [3.63, 3.8) is 0 Å². The number of carboxylic acids is 1. The van der Waals surface area contributed by atoms with Crippen LogP contribution in [0.3, 0.4) is 0 Å². The van der Waals surface area contributed by atoms with Crippen LogP contribution in [0, 0.1) is 16.0 Å².